The molecule has 0 bridgehead atoms. The average molecular weight is 258 g/mol. The fourth-order valence-corrected chi connectivity index (χ4v) is 2.81. The summed E-state index contributed by atoms with van der Waals surface area (Å²) < 4.78 is 0. The Morgan fingerprint density at radius 1 is 1.53 bits per heavy atom. The number of hydrogen-bond donors (Lipinski definition) is 1. The number of benzene rings is 1. The van der Waals surface area contributed by atoms with Crippen LogP contribution in [0, 0.1) is 24.2 Å². The lowest BCUT2D eigenvalue weighted by Gasteiger charge is -2.39. The number of carboxylic acid groups (broad SMARTS) is 1. The molecule has 4 nitrogen and oxygen atoms in total. The number of aryl methyl sites for hydroxylation is 1. The lowest BCUT2D eigenvalue weighted by Crippen LogP contribution is -2.49. The van der Waals surface area contributed by atoms with E-state index in [1.54, 1.807) is 6.07 Å². The van der Waals surface area contributed by atoms with E-state index in [2.05, 4.69) is 6.07 Å². The molecule has 1 aliphatic rings. The van der Waals surface area contributed by atoms with Gasteiger partial charge in [0.15, 0.2) is 0 Å². The highest BCUT2D eigenvalue weighted by atomic mass is 16.4. The van der Waals surface area contributed by atoms with E-state index >= 15 is 0 Å². The molecule has 1 aliphatic heterocycles. The highest BCUT2D eigenvalue weighted by Gasteiger charge is 2.35. The number of aliphatic carboxylic acids is 1. The van der Waals surface area contributed by atoms with Gasteiger partial charge in [0.05, 0.1) is 11.3 Å². The van der Waals surface area contributed by atoms with Crippen LogP contribution >= 0.6 is 0 Å². The molecule has 2 unspecified atom stereocenters. The van der Waals surface area contributed by atoms with Gasteiger partial charge in [0, 0.05) is 6.54 Å². The van der Waals surface area contributed by atoms with Gasteiger partial charge in [-0.15, -0.1) is 0 Å². The molecule has 1 N–H and O–H groups in total. The summed E-state index contributed by atoms with van der Waals surface area (Å²) in [7, 11) is 0. The highest BCUT2D eigenvalue weighted by Crippen LogP contribution is 2.31. The largest absolute Gasteiger partial charge is 0.480 e. The first-order chi connectivity index (χ1) is 9.04. The molecule has 1 fully saturated rings. The molecule has 0 aromatic heterocycles. The molecule has 1 heterocycles. The summed E-state index contributed by atoms with van der Waals surface area (Å²) in [5.74, 6) is -0.712. The Bertz CT molecular complexity index is 533. The number of nitriles is 1. The van der Waals surface area contributed by atoms with E-state index in [4.69, 9.17) is 0 Å². The minimum Gasteiger partial charge on any atom is -0.480 e. The minimum atomic E-state index is -0.808. The maximum atomic E-state index is 11.5. The second-order valence-corrected chi connectivity index (χ2v) is 5.23. The summed E-state index contributed by atoms with van der Waals surface area (Å²) in [6, 6.07) is 7.18. The van der Waals surface area contributed by atoms with Crippen molar-refractivity contribution in [3.05, 3.63) is 29.3 Å². The first-order valence-corrected chi connectivity index (χ1v) is 6.55. The predicted molar refractivity (Wildman–Crippen MR) is 73.1 cm³/mol. The first-order valence-electron chi connectivity index (χ1n) is 6.55. The Labute approximate surface area is 113 Å². The van der Waals surface area contributed by atoms with Crippen LogP contribution in [0.15, 0.2) is 18.2 Å². The van der Waals surface area contributed by atoms with E-state index in [9.17, 15) is 15.2 Å². The molecule has 4 heteroatoms. The fourth-order valence-electron chi connectivity index (χ4n) is 2.81. The van der Waals surface area contributed by atoms with Crippen LogP contribution in [0.1, 0.15) is 30.9 Å². The van der Waals surface area contributed by atoms with Crippen molar-refractivity contribution in [2.75, 3.05) is 11.4 Å². The maximum Gasteiger partial charge on any atom is 0.326 e. The number of carbonyl (C=O) groups is 1. The molecule has 0 aliphatic carbocycles. The van der Waals surface area contributed by atoms with Crippen molar-refractivity contribution in [1.82, 2.24) is 0 Å². The number of hydrogen-bond acceptors (Lipinski definition) is 3. The number of rotatable bonds is 2. The number of anilines is 1. The van der Waals surface area contributed by atoms with Gasteiger partial charge in [0.1, 0.15) is 12.1 Å². The summed E-state index contributed by atoms with van der Waals surface area (Å²) >= 11 is 0. The maximum absolute atomic E-state index is 11.5. The smallest absolute Gasteiger partial charge is 0.326 e. The van der Waals surface area contributed by atoms with Gasteiger partial charge in [-0.1, -0.05) is 13.0 Å². The first kappa shape index (κ1) is 13.4. The molecule has 0 saturated carbocycles. The van der Waals surface area contributed by atoms with Crippen LogP contribution in [-0.2, 0) is 4.79 Å². The van der Waals surface area contributed by atoms with Crippen LogP contribution in [0.4, 0.5) is 5.69 Å². The summed E-state index contributed by atoms with van der Waals surface area (Å²) in [5.41, 5.74) is 2.34. The molecule has 1 aromatic carbocycles. The summed E-state index contributed by atoms with van der Waals surface area (Å²) in [4.78, 5) is 13.4. The Balaban J connectivity index is 2.46. The zero-order valence-corrected chi connectivity index (χ0v) is 11.3. The minimum absolute atomic E-state index is 0.0957. The van der Waals surface area contributed by atoms with Crippen LogP contribution in [0.3, 0.4) is 0 Å². The van der Waals surface area contributed by atoms with Crippen LogP contribution in [0.25, 0.3) is 0 Å². The van der Waals surface area contributed by atoms with Crippen LogP contribution in [-0.4, -0.2) is 23.7 Å². The normalized spacial score (nSPS) is 22.9. The van der Waals surface area contributed by atoms with Crippen molar-refractivity contribution in [2.45, 2.75) is 32.7 Å². The van der Waals surface area contributed by atoms with Crippen molar-refractivity contribution in [3.63, 3.8) is 0 Å². The molecule has 1 aromatic rings. The van der Waals surface area contributed by atoms with E-state index in [1.807, 2.05) is 30.9 Å². The van der Waals surface area contributed by atoms with Crippen LogP contribution < -0.4 is 4.90 Å². The van der Waals surface area contributed by atoms with Crippen LogP contribution in [0.5, 0.6) is 0 Å². The molecule has 2 rings (SSSR count). The van der Waals surface area contributed by atoms with Gasteiger partial charge in [-0.2, -0.15) is 5.26 Å². The van der Waals surface area contributed by atoms with Crippen molar-refractivity contribution >= 4 is 11.7 Å². The van der Waals surface area contributed by atoms with Gasteiger partial charge in [0.25, 0.3) is 0 Å². The Kier molecular flexibility index (Phi) is 3.75. The van der Waals surface area contributed by atoms with Crippen molar-refractivity contribution in [3.8, 4) is 6.07 Å². The third-order valence-corrected chi connectivity index (χ3v) is 3.77. The third kappa shape index (κ3) is 2.55. The highest BCUT2D eigenvalue weighted by molar-refractivity contribution is 5.80. The Hall–Kier alpha value is -2.02. The molecule has 19 heavy (non-hydrogen) atoms. The molecule has 0 radical (unpaired) electrons. The second-order valence-electron chi connectivity index (χ2n) is 5.23. The van der Waals surface area contributed by atoms with Crippen LogP contribution in [0.2, 0.25) is 0 Å². The van der Waals surface area contributed by atoms with Crippen molar-refractivity contribution in [1.29, 1.82) is 5.26 Å². The van der Waals surface area contributed by atoms with Gasteiger partial charge in [-0.05, 0) is 43.4 Å². The second kappa shape index (κ2) is 5.31. The fraction of sp³-hybridized carbons (Fsp3) is 0.467. The van der Waals surface area contributed by atoms with E-state index in [0.717, 1.165) is 24.1 Å². The average Bonchev–Trinajstić information content (AvgIpc) is 2.37. The molecule has 0 amide bonds. The topological polar surface area (TPSA) is 64.3 Å². The van der Waals surface area contributed by atoms with E-state index in [-0.39, 0.29) is 5.92 Å². The van der Waals surface area contributed by atoms with Gasteiger partial charge in [-0.3, -0.25) is 0 Å². The number of nitrogens with zero attached hydrogens (tertiary/aromatic N) is 2. The van der Waals surface area contributed by atoms with Crippen molar-refractivity contribution < 1.29 is 9.90 Å². The molecule has 0 spiro atoms. The zero-order chi connectivity index (χ0) is 14.0. The summed E-state index contributed by atoms with van der Waals surface area (Å²) in [5, 5.41) is 18.7. The van der Waals surface area contributed by atoms with Gasteiger partial charge >= 0.3 is 5.97 Å². The van der Waals surface area contributed by atoms with Gasteiger partial charge < -0.3 is 10.0 Å². The SMILES string of the molecule is Cc1ccc(C#N)c(N2CCCC(C)C2C(=O)O)c1. The van der Waals surface area contributed by atoms with E-state index in [0.29, 0.717) is 12.1 Å². The monoisotopic (exact) mass is 258 g/mol. The van der Waals surface area contributed by atoms with E-state index < -0.39 is 12.0 Å². The number of piperidine rings is 1. The molecular weight excluding hydrogens is 240 g/mol. The predicted octanol–water partition coefficient (Wildman–Crippen LogP) is 2.56. The van der Waals surface area contributed by atoms with Crippen molar-refractivity contribution in [2.24, 2.45) is 5.92 Å². The lowest BCUT2D eigenvalue weighted by molar-refractivity contribution is -0.140. The molecule has 2 atom stereocenters. The molecule has 100 valence electrons. The Morgan fingerprint density at radius 3 is 2.89 bits per heavy atom. The van der Waals surface area contributed by atoms with E-state index in [1.165, 1.54) is 0 Å². The summed E-state index contributed by atoms with van der Waals surface area (Å²) in [6.07, 6.45) is 1.88. The standard InChI is InChI=1S/C15H18N2O2/c1-10-5-6-12(9-16)13(8-10)17-7-3-4-11(2)14(17)15(18)19/h5-6,8,11,14H,3-4,7H2,1-2H3,(H,18,19). The zero-order valence-electron chi connectivity index (χ0n) is 11.3. The number of carboxylic acids is 1. The summed E-state index contributed by atoms with van der Waals surface area (Å²) in [6.45, 7) is 4.61. The third-order valence-electron chi connectivity index (χ3n) is 3.77. The molecular formula is C15H18N2O2. The van der Waals surface area contributed by atoms with Gasteiger partial charge in [-0.25, -0.2) is 4.79 Å². The quantitative estimate of drug-likeness (QED) is 0.885. The van der Waals surface area contributed by atoms with Gasteiger partial charge in [0.2, 0.25) is 0 Å². The Morgan fingerprint density at radius 2 is 2.26 bits per heavy atom. The lowest BCUT2D eigenvalue weighted by atomic mass is 9.89. The molecule has 1 saturated heterocycles.